The Labute approximate surface area is 114 Å². The Balaban J connectivity index is 1.97. The molecule has 1 fully saturated rings. The van der Waals surface area contributed by atoms with Crippen LogP contribution >= 0.6 is 0 Å². The molecule has 0 saturated heterocycles. The molecule has 20 heavy (non-hydrogen) atoms. The van der Waals surface area contributed by atoms with Crippen molar-refractivity contribution >= 4 is 21.8 Å². The minimum Gasteiger partial charge on any atom is -0.477 e. The molecule has 0 amide bonds. The van der Waals surface area contributed by atoms with Crippen LogP contribution in [0.2, 0.25) is 0 Å². The lowest BCUT2D eigenvalue weighted by Crippen LogP contribution is -2.12. The summed E-state index contributed by atoms with van der Waals surface area (Å²) < 4.78 is 32.5. The second-order valence-electron chi connectivity index (χ2n) is 4.49. The van der Waals surface area contributed by atoms with Gasteiger partial charge in [-0.1, -0.05) is 5.16 Å². The number of hydrogen-bond donors (Lipinski definition) is 2. The van der Waals surface area contributed by atoms with E-state index in [4.69, 9.17) is 5.11 Å². The Morgan fingerprint density at radius 1 is 1.50 bits per heavy atom. The highest BCUT2D eigenvalue weighted by Gasteiger charge is 2.30. The summed E-state index contributed by atoms with van der Waals surface area (Å²) in [6, 6.07) is 2.56. The third-order valence-corrected chi connectivity index (χ3v) is 4.29. The third kappa shape index (κ3) is 2.27. The topological polar surface area (TPSA) is 114 Å². The fourth-order valence-corrected chi connectivity index (χ4v) is 2.91. The zero-order chi connectivity index (χ0) is 14.3. The van der Waals surface area contributed by atoms with Crippen LogP contribution in [0.4, 0.5) is 5.82 Å². The molecule has 3 rings (SSSR count). The number of carboxylic acid groups (broad SMARTS) is 1. The van der Waals surface area contributed by atoms with Crippen LogP contribution < -0.4 is 4.72 Å². The van der Waals surface area contributed by atoms with Crippen LogP contribution in [0.1, 0.15) is 29.4 Å². The summed E-state index contributed by atoms with van der Waals surface area (Å²) >= 11 is 0. The molecule has 2 aromatic heterocycles. The van der Waals surface area contributed by atoms with Crippen LogP contribution in [-0.4, -0.2) is 29.2 Å². The van der Waals surface area contributed by atoms with Crippen molar-refractivity contribution in [2.75, 3.05) is 4.72 Å². The lowest BCUT2D eigenvalue weighted by molar-refractivity contribution is 0.0685. The molecule has 2 heterocycles. The molecular formula is C11H11N3O5S. The highest BCUT2D eigenvalue weighted by atomic mass is 32.2. The molecule has 8 nitrogen and oxygen atoms in total. The predicted octanol–water partition coefficient (Wildman–Crippen LogP) is 1.31. The van der Waals surface area contributed by atoms with E-state index in [2.05, 4.69) is 14.4 Å². The first kappa shape index (κ1) is 12.7. The van der Waals surface area contributed by atoms with Crippen molar-refractivity contribution < 1.29 is 22.8 Å². The standard InChI is InChI=1S/C11H11N3O5S/c15-11(16)9-5-8(6-14(9)7-1-2-7)20(17,18)13-10-3-4-19-12-10/h3-7H,1-2H2,(H,12,13)(H,15,16). The Bertz CT molecular complexity index is 743. The fraction of sp³-hybridized carbons (Fsp3) is 0.273. The van der Waals surface area contributed by atoms with Crippen molar-refractivity contribution in [3.05, 3.63) is 30.3 Å². The molecule has 0 aromatic carbocycles. The number of rotatable bonds is 5. The maximum atomic E-state index is 12.1. The smallest absolute Gasteiger partial charge is 0.352 e. The minimum atomic E-state index is -3.88. The molecular weight excluding hydrogens is 286 g/mol. The van der Waals surface area contributed by atoms with Crippen molar-refractivity contribution in [2.45, 2.75) is 23.8 Å². The van der Waals surface area contributed by atoms with Gasteiger partial charge in [-0.2, -0.15) is 0 Å². The van der Waals surface area contributed by atoms with Gasteiger partial charge in [0.05, 0.1) is 0 Å². The summed E-state index contributed by atoms with van der Waals surface area (Å²) in [6.07, 6.45) is 4.27. The van der Waals surface area contributed by atoms with Gasteiger partial charge < -0.3 is 14.2 Å². The van der Waals surface area contributed by atoms with Crippen LogP contribution in [0.25, 0.3) is 0 Å². The SMILES string of the molecule is O=C(O)c1cc(S(=O)(=O)Nc2ccon2)cn1C1CC1. The first-order valence-electron chi connectivity index (χ1n) is 5.86. The summed E-state index contributed by atoms with van der Waals surface area (Å²) in [5.74, 6) is -1.11. The average Bonchev–Trinajstić information content (AvgIpc) is 2.90. The van der Waals surface area contributed by atoms with Crippen LogP contribution in [-0.2, 0) is 10.0 Å². The van der Waals surface area contributed by atoms with Gasteiger partial charge in [-0.15, -0.1) is 0 Å². The largest absolute Gasteiger partial charge is 0.477 e. The summed E-state index contributed by atoms with van der Waals surface area (Å²) in [7, 11) is -3.88. The molecule has 0 spiro atoms. The highest BCUT2D eigenvalue weighted by molar-refractivity contribution is 7.92. The van der Waals surface area contributed by atoms with E-state index in [9.17, 15) is 13.2 Å². The van der Waals surface area contributed by atoms with Gasteiger partial charge in [0.2, 0.25) is 0 Å². The molecule has 1 aliphatic rings. The van der Waals surface area contributed by atoms with Gasteiger partial charge in [0.1, 0.15) is 16.9 Å². The molecule has 0 atom stereocenters. The molecule has 106 valence electrons. The first-order valence-corrected chi connectivity index (χ1v) is 7.34. The van der Waals surface area contributed by atoms with Crippen molar-refractivity contribution in [3.63, 3.8) is 0 Å². The van der Waals surface area contributed by atoms with Crippen molar-refractivity contribution in [2.24, 2.45) is 0 Å². The maximum Gasteiger partial charge on any atom is 0.352 e. The maximum absolute atomic E-state index is 12.1. The van der Waals surface area contributed by atoms with Crippen LogP contribution in [0.5, 0.6) is 0 Å². The monoisotopic (exact) mass is 297 g/mol. The predicted molar refractivity (Wildman–Crippen MR) is 67.0 cm³/mol. The Hall–Kier alpha value is -2.29. The molecule has 0 radical (unpaired) electrons. The lowest BCUT2D eigenvalue weighted by atomic mass is 10.4. The van der Waals surface area contributed by atoms with E-state index in [1.807, 2.05) is 0 Å². The van der Waals surface area contributed by atoms with Crippen LogP contribution in [0, 0.1) is 0 Å². The van der Waals surface area contributed by atoms with Crippen LogP contribution in [0.3, 0.4) is 0 Å². The number of nitrogens with one attached hydrogen (secondary N) is 1. The van der Waals surface area contributed by atoms with Crippen molar-refractivity contribution in [1.82, 2.24) is 9.72 Å². The minimum absolute atomic E-state index is 0.0342. The quantitative estimate of drug-likeness (QED) is 0.860. The van der Waals surface area contributed by atoms with E-state index in [-0.39, 0.29) is 22.4 Å². The second-order valence-corrected chi connectivity index (χ2v) is 6.18. The van der Waals surface area contributed by atoms with Crippen molar-refractivity contribution in [3.8, 4) is 0 Å². The van der Waals surface area contributed by atoms with E-state index < -0.39 is 16.0 Å². The molecule has 0 aliphatic heterocycles. The fourth-order valence-electron chi connectivity index (χ4n) is 1.89. The number of aromatic carboxylic acids is 1. The average molecular weight is 297 g/mol. The molecule has 0 bridgehead atoms. The Kier molecular flexibility index (Phi) is 2.78. The number of carboxylic acids is 1. The van der Waals surface area contributed by atoms with Gasteiger partial charge >= 0.3 is 5.97 Å². The van der Waals surface area contributed by atoms with Gasteiger partial charge in [-0.3, -0.25) is 4.72 Å². The van der Waals surface area contributed by atoms with E-state index in [1.54, 1.807) is 0 Å². The third-order valence-electron chi connectivity index (χ3n) is 2.97. The molecule has 9 heteroatoms. The molecule has 0 unspecified atom stereocenters. The lowest BCUT2D eigenvalue weighted by Gasteiger charge is -2.02. The zero-order valence-electron chi connectivity index (χ0n) is 10.2. The van der Waals surface area contributed by atoms with Gasteiger partial charge in [0, 0.05) is 18.3 Å². The van der Waals surface area contributed by atoms with Crippen LogP contribution in [0.15, 0.2) is 34.0 Å². The molecule has 2 N–H and O–H groups in total. The van der Waals surface area contributed by atoms with E-state index in [0.29, 0.717) is 0 Å². The summed E-state index contributed by atoms with van der Waals surface area (Å²) in [4.78, 5) is 11.0. The normalized spacial score (nSPS) is 15.2. The number of nitrogens with zero attached hydrogens (tertiary/aromatic N) is 2. The Morgan fingerprint density at radius 3 is 2.80 bits per heavy atom. The highest BCUT2D eigenvalue weighted by Crippen LogP contribution is 2.37. The number of hydrogen-bond acceptors (Lipinski definition) is 5. The molecule has 1 aliphatic carbocycles. The second kappa shape index (κ2) is 4.37. The van der Waals surface area contributed by atoms with E-state index in [0.717, 1.165) is 18.9 Å². The summed E-state index contributed by atoms with van der Waals surface area (Å²) in [6.45, 7) is 0. The summed E-state index contributed by atoms with van der Waals surface area (Å²) in [5, 5.41) is 12.6. The number of anilines is 1. The van der Waals surface area contributed by atoms with Gasteiger partial charge in [0.25, 0.3) is 10.0 Å². The van der Waals surface area contributed by atoms with Gasteiger partial charge in [0.15, 0.2) is 5.82 Å². The number of aromatic nitrogens is 2. The Morgan fingerprint density at radius 2 is 2.25 bits per heavy atom. The van der Waals surface area contributed by atoms with Gasteiger partial charge in [-0.25, -0.2) is 13.2 Å². The number of sulfonamides is 1. The summed E-state index contributed by atoms with van der Waals surface area (Å²) in [5.41, 5.74) is -0.0342. The first-order chi connectivity index (χ1) is 9.47. The van der Waals surface area contributed by atoms with E-state index in [1.165, 1.54) is 23.1 Å². The van der Waals surface area contributed by atoms with Crippen molar-refractivity contribution in [1.29, 1.82) is 0 Å². The van der Waals surface area contributed by atoms with E-state index >= 15 is 0 Å². The molecule has 2 aromatic rings. The number of carbonyl (C=O) groups is 1. The molecule has 1 saturated carbocycles. The zero-order valence-corrected chi connectivity index (χ0v) is 11.0. The van der Waals surface area contributed by atoms with Gasteiger partial charge in [-0.05, 0) is 18.9 Å².